The van der Waals surface area contributed by atoms with E-state index in [9.17, 15) is 4.79 Å². The summed E-state index contributed by atoms with van der Waals surface area (Å²) >= 11 is 6.73. The fourth-order valence-corrected chi connectivity index (χ4v) is 3.08. The molecule has 0 aliphatic carbocycles. The number of thiocarbonyl (C=S) groups is 1. The van der Waals surface area contributed by atoms with E-state index in [4.69, 9.17) is 12.2 Å². The van der Waals surface area contributed by atoms with Gasteiger partial charge in [-0.25, -0.2) is 0 Å². The van der Waals surface area contributed by atoms with Crippen LogP contribution in [0.1, 0.15) is 18.4 Å². The molecular formula is C13H15NOS2. The van der Waals surface area contributed by atoms with Gasteiger partial charge < -0.3 is 0 Å². The molecule has 0 aromatic heterocycles. The van der Waals surface area contributed by atoms with Gasteiger partial charge in [0.05, 0.1) is 0 Å². The molecule has 1 heterocycles. The molecule has 2 nitrogen and oxygen atoms in total. The molecule has 1 saturated heterocycles. The molecule has 17 heavy (non-hydrogen) atoms. The second-order valence-corrected chi connectivity index (χ2v) is 5.73. The highest BCUT2D eigenvalue weighted by molar-refractivity contribution is 8.23. The van der Waals surface area contributed by atoms with E-state index in [0.29, 0.717) is 6.42 Å². The molecule has 0 bridgehead atoms. The lowest BCUT2D eigenvalue weighted by Crippen LogP contribution is -2.30. The monoisotopic (exact) mass is 265 g/mol. The molecule has 0 saturated carbocycles. The number of thioether (sulfide) groups is 1. The second-order valence-electron chi connectivity index (χ2n) is 4.00. The Hall–Kier alpha value is -0.870. The molecule has 0 unspecified atom stereocenters. The molecule has 0 N–H and O–H groups in total. The molecule has 0 spiro atoms. The number of nitrogens with zero attached hydrogens (tertiary/aromatic N) is 1. The summed E-state index contributed by atoms with van der Waals surface area (Å²) in [4.78, 5) is 13.6. The standard InChI is InChI=1S/C13H15NOS2/c15-12(14-9-10-17-13(14)16)8-4-7-11-5-2-1-3-6-11/h1-3,5-6H,4,7-10H2. The fourth-order valence-electron chi connectivity index (χ4n) is 1.84. The maximum atomic E-state index is 11.9. The van der Waals surface area contributed by atoms with Crippen LogP contribution < -0.4 is 0 Å². The van der Waals surface area contributed by atoms with Crippen LogP contribution in [0.5, 0.6) is 0 Å². The number of hydrogen-bond acceptors (Lipinski definition) is 3. The number of amides is 1. The minimum absolute atomic E-state index is 0.177. The van der Waals surface area contributed by atoms with E-state index in [1.165, 1.54) is 5.56 Å². The molecule has 1 aliphatic rings. The Balaban J connectivity index is 1.75. The second kappa shape index (κ2) is 6.17. The molecule has 1 aromatic rings. The first-order valence-electron chi connectivity index (χ1n) is 5.78. The van der Waals surface area contributed by atoms with Crippen LogP contribution in [0.3, 0.4) is 0 Å². The first kappa shape index (κ1) is 12.6. The number of carbonyl (C=O) groups is 1. The first-order chi connectivity index (χ1) is 8.27. The highest BCUT2D eigenvalue weighted by Crippen LogP contribution is 2.19. The third kappa shape index (κ3) is 3.54. The Labute approximate surface area is 111 Å². The van der Waals surface area contributed by atoms with Gasteiger partial charge in [-0.05, 0) is 18.4 Å². The average molecular weight is 265 g/mol. The van der Waals surface area contributed by atoms with Crippen molar-refractivity contribution in [3.05, 3.63) is 35.9 Å². The lowest BCUT2D eigenvalue weighted by atomic mass is 10.1. The minimum Gasteiger partial charge on any atom is -0.297 e. The summed E-state index contributed by atoms with van der Waals surface area (Å²) in [6, 6.07) is 10.3. The van der Waals surface area contributed by atoms with Crippen molar-refractivity contribution in [1.29, 1.82) is 0 Å². The third-order valence-electron chi connectivity index (χ3n) is 2.76. The lowest BCUT2D eigenvalue weighted by molar-refractivity contribution is -0.126. The fraction of sp³-hybridized carbons (Fsp3) is 0.385. The lowest BCUT2D eigenvalue weighted by Gasteiger charge is -2.14. The van der Waals surface area contributed by atoms with Crippen molar-refractivity contribution in [3.8, 4) is 0 Å². The maximum Gasteiger partial charge on any atom is 0.228 e. The summed E-state index contributed by atoms with van der Waals surface area (Å²) < 4.78 is 0.745. The third-order valence-corrected chi connectivity index (χ3v) is 4.19. The van der Waals surface area contributed by atoms with Crippen molar-refractivity contribution in [2.75, 3.05) is 12.3 Å². The van der Waals surface area contributed by atoms with Crippen molar-refractivity contribution in [2.45, 2.75) is 19.3 Å². The highest BCUT2D eigenvalue weighted by Gasteiger charge is 2.23. The number of aryl methyl sites for hydroxylation is 1. The van der Waals surface area contributed by atoms with E-state index < -0.39 is 0 Å². The smallest absolute Gasteiger partial charge is 0.228 e. The number of rotatable bonds is 4. The van der Waals surface area contributed by atoms with Gasteiger partial charge in [0.1, 0.15) is 4.32 Å². The summed E-state index contributed by atoms with van der Waals surface area (Å²) in [7, 11) is 0. The zero-order valence-electron chi connectivity index (χ0n) is 9.59. The summed E-state index contributed by atoms with van der Waals surface area (Å²) in [5.41, 5.74) is 1.29. The van der Waals surface area contributed by atoms with Gasteiger partial charge >= 0.3 is 0 Å². The van der Waals surface area contributed by atoms with Crippen molar-refractivity contribution in [3.63, 3.8) is 0 Å². The van der Waals surface area contributed by atoms with Gasteiger partial charge in [-0.1, -0.05) is 54.3 Å². The number of benzene rings is 1. The topological polar surface area (TPSA) is 20.3 Å². The van der Waals surface area contributed by atoms with E-state index in [2.05, 4.69) is 12.1 Å². The molecule has 1 amide bonds. The van der Waals surface area contributed by atoms with Crippen molar-refractivity contribution < 1.29 is 4.79 Å². The van der Waals surface area contributed by atoms with Crippen LogP contribution in [0, 0.1) is 0 Å². The van der Waals surface area contributed by atoms with Crippen LogP contribution in [0.15, 0.2) is 30.3 Å². The van der Waals surface area contributed by atoms with Gasteiger partial charge in [0.25, 0.3) is 0 Å². The van der Waals surface area contributed by atoms with E-state index in [1.54, 1.807) is 16.7 Å². The van der Waals surface area contributed by atoms with Crippen LogP contribution in [-0.2, 0) is 11.2 Å². The number of carbonyl (C=O) groups excluding carboxylic acids is 1. The normalized spacial score (nSPS) is 15.3. The molecule has 1 fully saturated rings. The summed E-state index contributed by atoms with van der Waals surface area (Å²) in [5.74, 6) is 1.12. The Morgan fingerprint density at radius 3 is 2.76 bits per heavy atom. The van der Waals surface area contributed by atoms with Crippen LogP contribution >= 0.6 is 24.0 Å². The van der Waals surface area contributed by atoms with Crippen LogP contribution in [0.4, 0.5) is 0 Å². The van der Waals surface area contributed by atoms with E-state index >= 15 is 0 Å². The van der Waals surface area contributed by atoms with Gasteiger partial charge in [-0.15, -0.1) is 0 Å². The van der Waals surface area contributed by atoms with Crippen molar-refractivity contribution in [2.24, 2.45) is 0 Å². The predicted molar refractivity (Wildman–Crippen MR) is 76.1 cm³/mol. The zero-order valence-corrected chi connectivity index (χ0v) is 11.2. The molecule has 4 heteroatoms. The molecule has 2 rings (SSSR count). The van der Waals surface area contributed by atoms with Crippen molar-refractivity contribution >= 4 is 34.2 Å². The average Bonchev–Trinajstić information content (AvgIpc) is 2.77. The van der Waals surface area contributed by atoms with Gasteiger partial charge in [-0.2, -0.15) is 0 Å². The Morgan fingerprint density at radius 1 is 1.35 bits per heavy atom. The van der Waals surface area contributed by atoms with Gasteiger partial charge in [-0.3, -0.25) is 9.69 Å². The molecule has 0 atom stereocenters. The maximum absolute atomic E-state index is 11.9. The summed E-state index contributed by atoms with van der Waals surface area (Å²) in [6.45, 7) is 0.785. The van der Waals surface area contributed by atoms with Gasteiger partial charge in [0.15, 0.2) is 0 Å². The Morgan fingerprint density at radius 2 is 2.12 bits per heavy atom. The summed E-state index contributed by atoms with van der Waals surface area (Å²) in [5, 5.41) is 0. The molecule has 1 aliphatic heterocycles. The SMILES string of the molecule is O=C(CCCc1ccccc1)N1CCSC1=S. The van der Waals surface area contributed by atoms with E-state index in [0.717, 1.165) is 29.5 Å². The van der Waals surface area contributed by atoms with Gasteiger partial charge in [0.2, 0.25) is 5.91 Å². The number of hydrogen-bond donors (Lipinski definition) is 0. The molecule has 1 aromatic carbocycles. The zero-order chi connectivity index (χ0) is 12.1. The first-order valence-corrected chi connectivity index (χ1v) is 7.18. The largest absolute Gasteiger partial charge is 0.297 e. The van der Waals surface area contributed by atoms with E-state index in [-0.39, 0.29) is 5.91 Å². The summed E-state index contributed by atoms with van der Waals surface area (Å²) in [6.07, 6.45) is 2.45. The molecular weight excluding hydrogens is 250 g/mol. The van der Waals surface area contributed by atoms with Crippen molar-refractivity contribution in [1.82, 2.24) is 4.90 Å². The molecule has 0 radical (unpaired) electrons. The highest BCUT2D eigenvalue weighted by atomic mass is 32.2. The minimum atomic E-state index is 0.177. The Bertz CT molecular complexity index is 405. The van der Waals surface area contributed by atoms with E-state index in [1.807, 2.05) is 18.2 Å². The van der Waals surface area contributed by atoms with Gasteiger partial charge in [0, 0.05) is 18.7 Å². The van der Waals surface area contributed by atoms with Crippen LogP contribution in [0.25, 0.3) is 0 Å². The van der Waals surface area contributed by atoms with Crippen LogP contribution in [0.2, 0.25) is 0 Å². The Kier molecular flexibility index (Phi) is 4.57. The quantitative estimate of drug-likeness (QED) is 0.781. The predicted octanol–water partition coefficient (Wildman–Crippen LogP) is 2.87. The van der Waals surface area contributed by atoms with Crippen LogP contribution in [-0.4, -0.2) is 27.4 Å². The molecule has 90 valence electrons.